The molecule has 98 valence electrons. The highest BCUT2D eigenvalue weighted by Gasteiger charge is 2.40. The molecule has 1 aromatic heterocycles. The van der Waals surface area contributed by atoms with Crippen LogP contribution in [0.2, 0.25) is 0 Å². The summed E-state index contributed by atoms with van der Waals surface area (Å²) in [4.78, 5) is 16.1. The third-order valence-electron chi connectivity index (χ3n) is 3.56. The second-order valence-electron chi connectivity index (χ2n) is 4.71. The molecule has 0 spiro atoms. The van der Waals surface area contributed by atoms with Crippen LogP contribution in [0.15, 0.2) is 6.07 Å². The van der Waals surface area contributed by atoms with Gasteiger partial charge in [-0.05, 0) is 37.3 Å². The molecule has 1 atom stereocenters. The van der Waals surface area contributed by atoms with E-state index in [4.69, 9.17) is 0 Å². The Morgan fingerprint density at radius 1 is 1.39 bits per heavy atom. The van der Waals surface area contributed by atoms with Gasteiger partial charge in [-0.2, -0.15) is 0 Å². The SMILES string of the molecule is O=C1SC[C@@H](C(F)F)N1c1cc2c([nH]1)CCCC2. The molecule has 1 saturated heterocycles. The van der Waals surface area contributed by atoms with Gasteiger partial charge in [0.25, 0.3) is 11.7 Å². The van der Waals surface area contributed by atoms with Crippen molar-refractivity contribution in [3.05, 3.63) is 17.3 Å². The topological polar surface area (TPSA) is 36.1 Å². The Morgan fingerprint density at radius 3 is 2.89 bits per heavy atom. The molecule has 0 saturated carbocycles. The molecule has 0 aromatic carbocycles. The molecule has 1 fully saturated rings. The molecule has 0 unspecified atom stereocenters. The minimum Gasteiger partial charge on any atom is -0.345 e. The maximum atomic E-state index is 12.9. The lowest BCUT2D eigenvalue weighted by Crippen LogP contribution is -2.38. The Morgan fingerprint density at radius 2 is 2.17 bits per heavy atom. The number of H-pyrrole nitrogens is 1. The van der Waals surface area contributed by atoms with Gasteiger partial charge in [0, 0.05) is 11.4 Å². The number of alkyl halides is 2. The van der Waals surface area contributed by atoms with E-state index in [1.54, 1.807) is 0 Å². The first-order valence-electron chi connectivity index (χ1n) is 6.11. The van der Waals surface area contributed by atoms with Gasteiger partial charge in [-0.3, -0.25) is 9.69 Å². The second-order valence-corrected chi connectivity index (χ2v) is 5.69. The first kappa shape index (κ1) is 12.0. The second kappa shape index (κ2) is 4.57. The number of aryl methyl sites for hydroxylation is 2. The summed E-state index contributed by atoms with van der Waals surface area (Å²) in [6.07, 6.45) is 1.67. The number of anilines is 1. The van der Waals surface area contributed by atoms with Gasteiger partial charge < -0.3 is 4.98 Å². The summed E-state index contributed by atoms with van der Waals surface area (Å²) in [5, 5.41) is -0.279. The molecule has 2 aliphatic rings. The number of fused-ring (bicyclic) bond motifs is 1. The zero-order chi connectivity index (χ0) is 12.7. The Kier molecular flexibility index (Phi) is 3.05. The maximum Gasteiger partial charge on any atom is 0.287 e. The lowest BCUT2D eigenvalue weighted by Gasteiger charge is -2.21. The summed E-state index contributed by atoms with van der Waals surface area (Å²) in [5.74, 6) is 0.711. The molecule has 18 heavy (non-hydrogen) atoms. The van der Waals surface area contributed by atoms with Crippen molar-refractivity contribution in [2.24, 2.45) is 0 Å². The fraction of sp³-hybridized carbons (Fsp3) is 0.583. The molecule has 1 amide bonds. The van der Waals surface area contributed by atoms with Crippen molar-refractivity contribution in [1.82, 2.24) is 4.98 Å². The molecule has 2 heterocycles. The summed E-state index contributed by atoms with van der Waals surface area (Å²) in [6, 6.07) is 0.871. The number of carbonyl (C=O) groups excluding carboxylic acids is 1. The van der Waals surface area contributed by atoms with E-state index in [9.17, 15) is 13.6 Å². The van der Waals surface area contributed by atoms with Crippen molar-refractivity contribution >= 4 is 22.8 Å². The van der Waals surface area contributed by atoms with Crippen LogP contribution in [0.4, 0.5) is 19.4 Å². The molecule has 1 aromatic rings. The first-order chi connectivity index (χ1) is 8.66. The molecule has 6 heteroatoms. The van der Waals surface area contributed by atoms with Crippen molar-refractivity contribution < 1.29 is 13.6 Å². The number of aromatic nitrogens is 1. The summed E-state index contributed by atoms with van der Waals surface area (Å²) in [7, 11) is 0. The van der Waals surface area contributed by atoms with Gasteiger partial charge in [-0.15, -0.1) is 0 Å². The third-order valence-corrected chi connectivity index (χ3v) is 4.51. The van der Waals surface area contributed by atoms with Crippen molar-refractivity contribution in [3.63, 3.8) is 0 Å². The largest absolute Gasteiger partial charge is 0.345 e. The minimum absolute atomic E-state index is 0.167. The zero-order valence-corrected chi connectivity index (χ0v) is 10.6. The molecule has 0 radical (unpaired) electrons. The maximum absolute atomic E-state index is 12.9. The Hall–Kier alpha value is -1.04. The van der Waals surface area contributed by atoms with E-state index in [0.717, 1.165) is 43.1 Å². The Bertz CT molecular complexity index is 451. The predicted molar refractivity (Wildman–Crippen MR) is 67.6 cm³/mol. The third kappa shape index (κ3) is 1.92. The fourth-order valence-corrected chi connectivity index (χ4v) is 3.60. The van der Waals surface area contributed by atoms with Crippen molar-refractivity contribution in [1.29, 1.82) is 0 Å². The van der Waals surface area contributed by atoms with Crippen molar-refractivity contribution in [2.75, 3.05) is 10.7 Å². The quantitative estimate of drug-likeness (QED) is 0.897. The smallest absolute Gasteiger partial charge is 0.287 e. The highest BCUT2D eigenvalue weighted by molar-refractivity contribution is 8.14. The molecule has 1 aliphatic heterocycles. The van der Waals surface area contributed by atoms with Crippen LogP contribution in [-0.4, -0.2) is 28.4 Å². The van der Waals surface area contributed by atoms with Crippen LogP contribution in [0.25, 0.3) is 0 Å². The van der Waals surface area contributed by atoms with E-state index in [0.29, 0.717) is 5.82 Å². The molecule has 3 rings (SSSR count). The number of thioether (sulfide) groups is 1. The zero-order valence-electron chi connectivity index (χ0n) is 9.79. The van der Waals surface area contributed by atoms with Crippen LogP contribution in [0.1, 0.15) is 24.1 Å². The molecule has 3 nitrogen and oxygen atoms in total. The lowest BCUT2D eigenvalue weighted by molar-refractivity contribution is 0.124. The highest BCUT2D eigenvalue weighted by Crippen LogP contribution is 2.34. The summed E-state index contributed by atoms with van der Waals surface area (Å²) in [6.45, 7) is 0. The summed E-state index contributed by atoms with van der Waals surface area (Å²) < 4.78 is 25.8. The van der Waals surface area contributed by atoms with Crippen LogP contribution in [0.3, 0.4) is 0 Å². The average Bonchev–Trinajstić information content (AvgIpc) is 2.91. The monoisotopic (exact) mass is 272 g/mol. The minimum atomic E-state index is -2.50. The predicted octanol–water partition coefficient (Wildman–Crippen LogP) is 3.20. The number of amides is 1. The van der Waals surface area contributed by atoms with Gasteiger partial charge in [0.2, 0.25) is 0 Å². The molecule has 1 N–H and O–H groups in total. The number of halogens is 2. The Labute approximate surface area is 108 Å². The van der Waals surface area contributed by atoms with Crippen LogP contribution >= 0.6 is 11.8 Å². The van der Waals surface area contributed by atoms with Crippen LogP contribution in [0, 0.1) is 0 Å². The van der Waals surface area contributed by atoms with Gasteiger partial charge in [0.15, 0.2) is 0 Å². The lowest BCUT2D eigenvalue weighted by atomic mass is 9.98. The van der Waals surface area contributed by atoms with E-state index in [1.807, 2.05) is 6.07 Å². The average molecular weight is 272 g/mol. The highest BCUT2D eigenvalue weighted by atomic mass is 32.2. The van der Waals surface area contributed by atoms with Gasteiger partial charge in [-0.25, -0.2) is 8.78 Å². The van der Waals surface area contributed by atoms with E-state index in [1.165, 1.54) is 10.5 Å². The summed E-state index contributed by atoms with van der Waals surface area (Å²) >= 11 is 0.970. The fourth-order valence-electron chi connectivity index (χ4n) is 2.61. The van der Waals surface area contributed by atoms with Gasteiger partial charge in [0.05, 0.1) is 0 Å². The number of nitrogens with zero attached hydrogens (tertiary/aromatic N) is 1. The van der Waals surface area contributed by atoms with Crippen LogP contribution < -0.4 is 4.90 Å². The van der Waals surface area contributed by atoms with Gasteiger partial charge in [0.1, 0.15) is 11.9 Å². The van der Waals surface area contributed by atoms with E-state index in [2.05, 4.69) is 4.98 Å². The van der Waals surface area contributed by atoms with Gasteiger partial charge in [-0.1, -0.05) is 11.8 Å². The van der Waals surface area contributed by atoms with E-state index < -0.39 is 12.5 Å². The van der Waals surface area contributed by atoms with Crippen LogP contribution in [0.5, 0.6) is 0 Å². The number of hydrogen-bond donors (Lipinski definition) is 1. The number of nitrogens with one attached hydrogen (secondary N) is 1. The first-order valence-corrected chi connectivity index (χ1v) is 7.10. The van der Waals surface area contributed by atoms with Crippen molar-refractivity contribution in [3.8, 4) is 0 Å². The number of aromatic amines is 1. The van der Waals surface area contributed by atoms with E-state index in [-0.39, 0.29) is 11.0 Å². The van der Waals surface area contributed by atoms with Crippen LogP contribution in [-0.2, 0) is 12.8 Å². The number of hydrogen-bond acceptors (Lipinski definition) is 2. The van der Waals surface area contributed by atoms with Crippen molar-refractivity contribution in [2.45, 2.75) is 38.2 Å². The molecule has 1 aliphatic carbocycles. The number of carbonyl (C=O) groups is 1. The number of rotatable bonds is 2. The normalized spacial score (nSPS) is 23.8. The molecular weight excluding hydrogens is 258 g/mol. The Balaban J connectivity index is 1.92. The standard InChI is InChI=1S/C12H14F2N2OS/c13-11(14)9-6-18-12(17)16(9)10-5-7-3-1-2-4-8(7)15-10/h5,9,11,15H,1-4,6H2/t9-/m0/s1. The van der Waals surface area contributed by atoms with E-state index >= 15 is 0 Å². The molecular formula is C12H14F2N2OS. The van der Waals surface area contributed by atoms with Gasteiger partial charge >= 0.3 is 0 Å². The molecule has 0 bridgehead atoms. The summed E-state index contributed by atoms with van der Waals surface area (Å²) in [5.41, 5.74) is 2.28.